The molecule has 0 aromatic heterocycles. The van der Waals surface area contributed by atoms with Crippen LogP contribution in [0.1, 0.15) is 36.5 Å². The summed E-state index contributed by atoms with van der Waals surface area (Å²) < 4.78 is 0. The second kappa shape index (κ2) is 6.96. The third-order valence-electron chi connectivity index (χ3n) is 2.47. The van der Waals surface area contributed by atoms with Gasteiger partial charge in [-0.2, -0.15) is 0 Å². The van der Waals surface area contributed by atoms with Crippen LogP contribution in [0.5, 0.6) is 0 Å². The second-order valence-electron chi connectivity index (χ2n) is 3.88. The minimum Gasteiger partial charge on any atom is -0.352 e. The van der Waals surface area contributed by atoms with Crippen LogP contribution in [0.2, 0.25) is 5.02 Å². The number of nitro benzene ring substituents is 1. The van der Waals surface area contributed by atoms with Crippen molar-refractivity contribution >= 4 is 23.2 Å². The van der Waals surface area contributed by atoms with Gasteiger partial charge in [-0.3, -0.25) is 14.9 Å². The van der Waals surface area contributed by atoms with Gasteiger partial charge in [0, 0.05) is 17.6 Å². The molecule has 0 saturated carbocycles. The first-order chi connectivity index (χ1) is 8.56. The SMILES string of the molecule is CCCCCNC(=O)c1cc(Cl)ccc1[N+](=O)[O-]. The monoisotopic (exact) mass is 270 g/mol. The van der Waals surface area contributed by atoms with Gasteiger partial charge in [0.05, 0.1) is 4.92 Å². The van der Waals surface area contributed by atoms with E-state index in [4.69, 9.17) is 11.6 Å². The molecule has 18 heavy (non-hydrogen) atoms. The van der Waals surface area contributed by atoms with E-state index in [-0.39, 0.29) is 11.3 Å². The summed E-state index contributed by atoms with van der Waals surface area (Å²) in [5.74, 6) is -0.458. The fourth-order valence-corrected chi connectivity index (χ4v) is 1.69. The largest absolute Gasteiger partial charge is 0.352 e. The van der Waals surface area contributed by atoms with E-state index in [1.54, 1.807) is 0 Å². The van der Waals surface area contributed by atoms with Crippen LogP contribution in [0.4, 0.5) is 5.69 Å². The molecular formula is C12H15ClN2O3. The molecule has 0 aliphatic carbocycles. The summed E-state index contributed by atoms with van der Waals surface area (Å²) in [6.45, 7) is 2.57. The van der Waals surface area contributed by atoms with Crippen molar-refractivity contribution in [1.29, 1.82) is 0 Å². The van der Waals surface area contributed by atoms with Gasteiger partial charge in [-0.25, -0.2) is 0 Å². The molecule has 0 unspecified atom stereocenters. The normalized spacial score (nSPS) is 10.1. The number of rotatable bonds is 6. The highest BCUT2D eigenvalue weighted by Gasteiger charge is 2.19. The first kappa shape index (κ1) is 14.4. The van der Waals surface area contributed by atoms with Gasteiger partial charge in [0.25, 0.3) is 11.6 Å². The molecule has 0 bridgehead atoms. The highest BCUT2D eigenvalue weighted by molar-refractivity contribution is 6.31. The average molecular weight is 271 g/mol. The molecule has 1 amide bonds. The molecule has 1 N–H and O–H groups in total. The van der Waals surface area contributed by atoms with Crippen LogP contribution >= 0.6 is 11.6 Å². The third kappa shape index (κ3) is 4.00. The van der Waals surface area contributed by atoms with Gasteiger partial charge in [-0.15, -0.1) is 0 Å². The topological polar surface area (TPSA) is 72.2 Å². The van der Waals surface area contributed by atoms with Gasteiger partial charge in [-0.1, -0.05) is 31.4 Å². The molecule has 1 aromatic carbocycles. The van der Waals surface area contributed by atoms with Gasteiger partial charge in [0.1, 0.15) is 5.56 Å². The van der Waals surface area contributed by atoms with E-state index in [2.05, 4.69) is 12.2 Å². The number of hydrogen-bond donors (Lipinski definition) is 1. The third-order valence-corrected chi connectivity index (χ3v) is 2.70. The van der Waals surface area contributed by atoms with Crippen molar-refractivity contribution in [3.05, 3.63) is 38.9 Å². The zero-order chi connectivity index (χ0) is 13.5. The molecular weight excluding hydrogens is 256 g/mol. The molecule has 98 valence electrons. The van der Waals surface area contributed by atoms with E-state index in [1.165, 1.54) is 18.2 Å². The highest BCUT2D eigenvalue weighted by atomic mass is 35.5. The Hall–Kier alpha value is -1.62. The van der Waals surface area contributed by atoms with Gasteiger partial charge in [-0.05, 0) is 18.6 Å². The number of amides is 1. The molecule has 0 aliphatic heterocycles. The number of nitrogens with one attached hydrogen (secondary N) is 1. The number of nitro groups is 1. The highest BCUT2D eigenvalue weighted by Crippen LogP contribution is 2.22. The molecule has 0 radical (unpaired) electrons. The number of unbranched alkanes of at least 4 members (excludes halogenated alkanes) is 2. The number of hydrogen-bond acceptors (Lipinski definition) is 3. The molecule has 5 nitrogen and oxygen atoms in total. The lowest BCUT2D eigenvalue weighted by Gasteiger charge is -2.05. The Morgan fingerprint density at radius 3 is 2.78 bits per heavy atom. The van der Waals surface area contributed by atoms with Crippen molar-refractivity contribution in [2.45, 2.75) is 26.2 Å². The summed E-state index contributed by atoms with van der Waals surface area (Å²) in [4.78, 5) is 22.0. The molecule has 0 heterocycles. The van der Waals surface area contributed by atoms with E-state index < -0.39 is 10.8 Å². The minimum atomic E-state index is -0.586. The molecule has 0 saturated heterocycles. The number of nitrogens with zero attached hydrogens (tertiary/aromatic N) is 1. The summed E-state index contributed by atoms with van der Waals surface area (Å²) in [6, 6.07) is 3.95. The average Bonchev–Trinajstić information content (AvgIpc) is 2.34. The van der Waals surface area contributed by atoms with Crippen molar-refractivity contribution in [3.63, 3.8) is 0 Å². The predicted octanol–water partition coefficient (Wildman–Crippen LogP) is 3.17. The lowest BCUT2D eigenvalue weighted by atomic mass is 10.1. The van der Waals surface area contributed by atoms with E-state index in [9.17, 15) is 14.9 Å². The van der Waals surface area contributed by atoms with E-state index in [0.717, 1.165) is 19.3 Å². The van der Waals surface area contributed by atoms with Crippen LogP contribution in [0.15, 0.2) is 18.2 Å². The van der Waals surface area contributed by atoms with E-state index >= 15 is 0 Å². The van der Waals surface area contributed by atoms with Crippen molar-refractivity contribution in [2.75, 3.05) is 6.54 Å². The fraction of sp³-hybridized carbons (Fsp3) is 0.417. The lowest BCUT2D eigenvalue weighted by Crippen LogP contribution is -2.25. The van der Waals surface area contributed by atoms with Crippen molar-refractivity contribution in [3.8, 4) is 0 Å². The predicted molar refractivity (Wildman–Crippen MR) is 70.0 cm³/mol. The molecule has 0 spiro atoms. The van der Waals surface area contributed by atoms with E-state index in [0.29, 0.717) is 11.6 Å². The minimum absolute atomic E-state index is 0.00370. The molecule has 6 heteroatoms. The Morgan fingerprint density at radius 1 is 1.44 bits per heavy atom. The van der Waals surface area contributed by atoms with Crippen molar-refractivity contribution in [2.24, 2.45) is 0 Å². The second-order valence-corrected chi connectivity index (χ2v) is 4.32. The Bertz CT molecular complexity index is 449. The van der Waals surface area contributed by atoms with Gasteiger partial charge < -0.3 is 5.32 Å². The molecule has 0 atom stereocenters. The Balaban J connectivity index is 2.77. The van der Waals surface area contributed by atoms with Crippen LogP contribution < -0.4 is 5.32 Å². The number of benzene rings is 1. The number of halogens is 1. The Morgan fingerprint density at radius 2 is 2.17 bits per heavy atom. The maximum Gasteiger partial charge on any atom is 0.282 e. The van der Waals surface area contributed by atoms with Crippen LogP contribution in [0, 0.1) is 10.1 Å². The molecule has 1 aromatic rings. The van der Waals surface area contributed by atoms with Crippen molar-refractivity contribution < 1.29 is 9.72 Å². The van der Waals surface area contributed by atoms with Gasteiger partial charge in [0.2, 0.25) is 0 Å². The molecule has 0 fully saturated rings. The van der Waals surface area contributed by atoms with Crippen LogP contribution in [-0.4, -0.2) is 17.4 Å². The van der Waals surface area contributed by atoms with Crippen LogP contribution in [0.3, 0.4) is 0 Å². The van der Waals surface area contributed by atoms with Crippen molar-refractivity contribution in [1.82, 2.24) is 5.32 Å². The lowest BCUT2D eigenvalue weighted by molar-refractivity contribution is -0.385. The summed E-state index contributed by atoms with van der Waals surface area (Å²) in [7, 11) is 0. The first-order valence-electron chi connectivity index (χ1n) is 5.78. The summed E-state index contributed by atoms with van der Waals surface area (Å²) in [5, 5.41) is 13.8. The van der Waals surface area contributed by atoms with E-state index in [1.807, 2.05) is 0 Å². The Labute approximate surface area is 110 Å². The summed E-state index contributed by atoms with van der Waals surface area (Å²) in [5.41, 5.74) is -0.226. The molecule has 0 aliphatic rings. The van der Waals surface area contributed by atoms with Gasteiger partial charge >= 0.3 is 0 Å². The standard InChI is InChI=1S/C12H15ClN2O3/c1-2-3-4-7-14-12(16)10-8-9(13)5-6-11(10)15(17)18/h5-6,8H,2-4,7H2,1H3,(H,14,16). The molecule has 1 rings (SSSR count). The fourth-order valence-electron chi connectivity index (χ4n) is 1.52. The van der Waals surface area contributed by atoms with Gasteiger partial charge in [0.15, 0.2) is 0 Å². The summed E-state index contributed by atoms with van der Waals surface area (Å²) in [6.07, 6.45) is 2.92. The van der Waals surface area contributed by atoms with Crippen LogP contribution in [-0.2, 0) is 0 Å². The Kier molecular flexibility index (Phi) is 5.58. The zero-order valence-electron chi connectivity index (χ0n) is 10.1. The van der Waals surface area contributed by atoms with Crippen LogP contribution in [0.25, 0.3) is 0 Å². The maximum absolute atomic E-state index is 11.8. The number of carbonyl (C=O) groups is 1. The summed E-state index contributed by atoms with van der Waals surface area (Å²) >= 11 is 5.75. The number of carbonyl (C=O) groups excluding carboxylic acids is 1. The smallest absolute Gasteiger partial charge is 0.282 e. The maximum atomic E-state index is 11.8. The quantitative estimate of drug-likeness (QED) is 0.490. The zero-order valence-corrected chi connectivity index (χ0v) is 10.9. The first-order valence-corrected chi connectivity index (χ1v) is 6.16.